The first-order valence-corrected chi connectivity index (χ1v) is 4.01. The quantitative estimate of drug-likeness (QED) is 0.552. The molecular weight excluding hydrogens is 182 g/mol. The summed E-state index contributed by atoms with van der Waals surface area (Å²) in [6, 6.07) is 8.66. The van der Waals surface area contributed by atoms with Crippen LogP contribution in [0.5, 0.6) is 5.75 Å². The molecule has 0 radical (unpaired) electrons. The van der Waals surface area contributed by atoms with E-state index in [0.29, 0.717) is 5.52 Å². The third kappa shape index (κ3) is 1.64. The fraction of sp³-hybridized carbons (Fsp3) is 0. The summed E-state index contributed by atoms with van der Waals surface area (Å²) >= 11 is 0. The lowest BCUT2D eigenvalue weighted by molar-refractivity contribution is 0.144. The van der Waals surface area contributed by atoms with Gasteiger partial charge in [0.25, 0.3) is 0 Å². The fourth-order valence-corrected chi connectivity index (χ4v) is 1.21. The van der Waals surface area contributed by atoms with Crippen LogP contribution in [0.4, 0.5) is 4.79 Å². The second-order valence-electron chi connectivity index (χ2n) is 2.73. The van der Waals surface area contributed by atoms with Gasteiger partial charge in [-0.1, -0.05) is 6.07 Å². The number of carboxylic acid groups (broad SMARTS) is 1. The molecule has 0 aliphatic heterocycles. The highest BCUT2D eigenvalue weighted by Gasteiger charge is 2.01. The Hall–Kier alpha value is -2.10. The van der Waals surface area contributed by atoms with Crippen LogP contribution < -0.4 is 4.74 Å². The predicted octanol–water partition coefficient (Wildman–Crippen LogP) is 2.29. The van der Waals surface area contributed by atoms with Gasteiger partial charge in [0.2, 0.25) is 0 Å². The number of fused-ring (bicyclic) bond motifs is 1. The number of hydrogen-bond acceptors (Lipinski definition) is 3. The summed E-state index contributed by atoms with van der Waals surface area (Å²) in [5, 5.41) is 9.35. The summed E-state index contributed by atoms with van der Waals surface area (Å²) < 4.78 is 4.50. The molecule has 0 bridgehead atoms. The van der Waals surface area contributed by atoms with Crippen molar-refractivity contribution in [1.29, 1.82) is 0 Å². The van der Waals surface area contributed by atoms with Crippen LogP contribution in [0.3, 0.4) is 0 Å². The molecular formula is C10H7NO3. The van der Waals surface area contributed by atoms with Crippen molar-refractivity contribution in [1.82, 2.24) is 4.98 Å². The van der Waals surface area contributed by atoms with E-state index in [1.165, 1.54) is 0 Å². The van der Waals surface area contributed by atoms with Gasteiger partial charge >= 0.3 is 6.16 Å². The Bertz CT molecular complexity index is 482. The minimum Gasteiger partial charge on any atom is -0.449 e. The van der Waals surface area contributed by atoms with Crippen molar-refractivity contribution in [2.45, 2.75) is 0 Å². The van der Waals surface area contributed by atoms with Crippen molar-refractivity contribution in [3.8, 4) is 5.75 Å². The molecule has 0 aliphatic carbocycles. The molecule has 1 aromatic carbocycles. The molecule has 2 aromatic rings. The number of benzene rings is 1. The van der Waals surface area contributed by atoms with Crippen molar-refractivity contribution >= 4 is 17.1 Å². The van der Waals surface area contributed by atoms with Crippen LogP contribution in [0.15, 0.2) is 36.5 Å². The number of pyridine rings is 1. The monoisotopic (exact) mass is 189 g/mol. The van der Waals surface area contributed by atoms with E-state index < -0.39 is 6.16 Å². The van der Waals surface area contributed by atoms with Crippen LogP contribution in [-0.2, 0) is 0 Å². The van der Waals surface area contributed by atoms with Crippen molar-refractivity contribution in [3.05, 3.63) is 36.5 Å². The van der Waals surface area contributed by atoms with E-state index in [1.807, 2.05) is 12.1 Å². The van der Waals surface area contributed by atoms with Crippen molar-refractivity contribution < 1.29 is 14.6 Å². The van der Waals surface area contributed by atoms with E-state index in [1.54, 1.807) is 24.4 Å². The molecule has 70 valence electrons. The van der Waals surface area contributed by atoms with E-state index >= 15 is 0 Å². The Labute approximate surface area is 79.8 Å². The molecule has 4 heteroatoms. The third-order valence-corrected chi connectivity index (χ3v) is 1.78. The van der Waals surface area contributed by atoms with Gasteiger partial charge in [-0.3, -0.25) is 4.98 Å². The molecule has 0 saturated carbocycles. The fourth-order valence-electron chi connectivity index (χ4n) is 1.21. The first kappa shape index (κ1) is 8.50. The molecule has 14 heavy (non-hydrogen) atoms. The van der Waals surface area contributed by atoms with E-state index in [0.717, 1.165) is 5.39 Å². The van der Waals surface area contributed by atoms with E-state index in [4.69, 9.17) is 5.11 Å². The normalized spacial score (nSPS) is 10.0. The number of ether oxygens (including phenoxy) is 1. The zero-order valence-electron chi connectivity index (χ0n) is 7.18. The largest absolute Gasteiger partial charge is 0.511 e. The maximum Gasteiger partial charge on any atom is 0.511 e. The topological polar surface area (TPSA) is 59.4 Å². The highest BCUT2D eigenvalue weighted by atomic mass is 16.7. The van der Waals surface area contributed by atoms with Gasteiger partial charge in [0, 0.05) is 17.6 Å². The Morgan fingerprint density at radius 2 is 2.21 bits per heavy atom. The molecule has 4 nitrogen and oxygen atoms in total. The molecule has 0 unspecified atom stereocenters. The molecule has 1 aromatic heterocycles. The number of aromatic nitrogens is 1. The van der Waals surface area contributed by atoms with Gasteiger partial charge in [0.15, 0.2) is 0 Å². The summed E-state index contributed by atoms with van der Waals surface area (Å²) in [6.45, 7) is 0. The van der Waals surface area contributed by atoms with Gasteiger partial charge in [-0.25, -0.2) is 4.79 Å². The molecule has 0 fully saturated rings. The van der Waals surface area contributed by atoms with Crippen LogP contribution in [0.2, 0.25) is 0 Å². The summed E-state index contributed by atoms with van der Waals surface area (Å²) in [7, 11) is 0. The third-order valence-electron chi connectivity index (χ3n) is 1.78. The number of nitrogens with zero attached hydrogens (tertiary/aromatic N) is 1. The predicted molar refractivity (Wildman–Crippen MR) is 50.4 cm³/mol. The van der Waals surface area contributed by atoms with Crippen molar-refractivity contribution in [2.75, 3.05) is 0 Å². The Morgan fingerprint density at radius 3 is 3.00 bits per heavy atom. The first-order chi connectivity index (χ1) is 6.75. The SMILES string of the molecule is O=C(O)Oc1ccc2cccnc2c1. The highest BCUT2D eigenvalue weighted by Crippen LogP contribution is 2.18. The summed E-state index contributed by atoms with van der Waals surface area (Å²) in [6.07, 6.45) is 0.327. The van der Waals surface area contributed by atoms with Crippen molar-refractivity contribution in [2.24, 2.45) is 0 Å². The summed E-state index contributed by atoms with van der Waals surface area (Å²) in [4.78, 5) is 14.3. The van der Waals surface area contributed by atoms with Crippen LogP contribution in [0.1, 0.15) is 0 Å². The van der Waals surface area contributed by atoms with Crippen LogP contribution in [0, 0.1) is 0 Å². The second-order valence-corrected chi connectivity index (χ2v) is 2.73. The number of rotatable bonds is 1. The standard InChI is InChI=1S/C10H7NO3/c12-10(13)14-8-4-3-7-2-1-5-11-9(7)6-8/h1-6H,(H,12,13). The average Bonchev–Trinajstić information content (AvgIpc) is 2.17. The van der Waals surface area contributed by atoms with Gasteiger partial charge < -0.3 is 9.84 Å². The zero-order valence-corrected chi connectivity index (χ0v) is 7.18. The van der Waals surface area contributed by atoms with Crippen molar-refractivity contribution in [3.63, 3.8) is 0 Å². The second kappa shape index (κ2) is 3.33. The summed E-state index contributed by atoms with van der Waals surface area (Å²) in [5.74, 6) is 0.281. The minimum atomic E-state index is -1.32. The molecule has 0 saturated heterocycles. The molecule has 2 rings (SSSR count). The van der Waals surface area contributed by atoms with Gasteiger partial charge in [-0.2, -0.15) is 0 Å². The van der Waals surface area contributed by atoms with Crippen LogP contribution >= 0.6 is 0 Å². The van der Waals surface area contributed by atoms with Gasteiger partial charge in [-0.15, -0.1) is 0 Å². The maximum absolute atomic E-state index is 10.3. The Kier molecular flexibility index (Phi) is 2.02. The highest BCUT2D eigenvalue weighted by molar-refractivity contribution is 5.80. The van der Waals surface area contributed by atoms with Crippen LogP contribution in [-0.4, -0.2) is 16.2 Å². The number of carbonyl (C=O) groups is 1. The lowest BCUT2D eigenvalue weighted by Crippen LogP contribution is -2.02. The van der Waals surface area contributed by atoms with Gasteiger partial charge in [0.1, 0.15) is 5.75 Å². The van der Waals surface area contributed by atoms with E-state index in [9.17, 15) is 4.79 Å². The first-order valence-electron chi connectivity index (χ1n) is 4.01. The van der Waals surface area contributed by atoms with Gasteiger partial charge in [-0.05, 0) is 18.2 Å². The number of hydrogen-bond donors (Lipinski definition) is 1. The molecule has 1 heterocycles. The molecule has 0 aliphatic rings. The lowest BCUT2D eigenvalue weighted by Gasteiger charge is -2.00. The minimum absolute atomic E-state index is 0.281. The Morgan fingerprint density at radius 1 is 1.36 bits per heavy atom. The average molecular weight is 189 g/mol. The Balaban J connectivity index is 2.46. The summed E-state index contributed by atoms with van der Waals surface area (Å²) in [5.41, 5.74) is 0.714. The van der Waals surface area contributed by atoms with E-state index in [-0.39, 0.29) is 5.75 Å². The molecule has 1 N–H and O–H groups in total. The van der Waals surface area contributed by atoms with Crippen LogP contribution in [0.25, 0.3) is 10.9 Å². The molecule has 0 atom stereocenters. The lowest BCUT2D eigenvalue weighted by atomic mass is 10.2. The van der Waals surface area contributed by atoms with E-state index in [2.05, 4.69) is 9.72 Å². The molecule has 0 amide bonds. The maximum atomic E-state index is 10.3. The molecule has 0 spiro atoms. The smallest absolute Gasteiger partial charge is 0.449 e. The zero-order chi connectivity index (χ0) is 9.97. The van der Waals surface area contributed by atoms with Gasteiger partial charge in [0.05, 0.1) is 5.52 Å².